The summed E-state index contributed by atoms with van der Waals surface area (Å²) in [6.45, 7) is 0.592. The van der Waals surface area contributed by atoms with Crippen LogP contribution in [0.25, 0.3) is 5.57 Å². The van der Waals surface area contributed by atoms with Gasteiger partial charge in [0.1, 0.15) is 0 Å². The molecule has 0 aromatic heterocycles. The molecule has 2 aliphatic heterocycles. The topological polar surface area (TPSA) is 41.3 Å². The second kappa shape index (κ2) is 4.31. The van der Waals surface area contributed by atoms with Crippen molar-refractivity contribution in [1.29, 1.82) is 0 Å². The van der Waals surface area contributed by atoms with E-state index in [2.05, 4.69) is 51.6 Å². The summed E-state index contributed by atoms with van der Waals surface area (Å²) >= 11 is 1.57. The minimum Gasteiger partial charge on any atom is -0.326 e. The largest absolute Gasteiger partial charge is 0.326 e. The zero-order valence-corrected chi connectivity index (χ0v) is 10.1. The molecule has 0 atom stereocenters. The molecule has 0 aliphatic carbocycles. The molecule has 4 heteroatoms. The Morgan fingerprint density at radius 2 is 2.06 bits per heavy atom. The lowest BCUT2D eigenvalue weighted by Gasteiger charge is -2.17. The molecule has 0 saturated heterocycles. The number of benzene rings is 1. The molecule has 0 radical (unpaired) electrons. The van der Waals surface area contributed by atoms with Crippen LogP contribution in [0.5, 0.6) is 0 Å². The number of nitrogens with one attached hydrogen (secondary N) is 1. The van der Waals surface area contributed by atoms with Crippen LogP contribution in [0.2, 0.25) is 0 Å². The van der Waals surface area contributed by atoms with Crippen LogP contribution in [0.3, 0.4) is 0 Å². The van der Waals surface area contributed by atoms with Crippen LogP contribution in [-0.4, -0.2) is 4.31 Å². The lowest BCUT2D eigenvalue weighted by Crippen LogP contribution is -2.05. The van der Waals surface area contributed by atoms with Gasteiger partial charge in [-0.05, 0) is 28.9 Å². The molecule has 0 fully saturated rings. The number of nitrogens with zero attached hydrogens (tertiary/aromatic N) is 1. The fourth-order valence-corrected chi connectivity index (χ4v) is 2.47. The van der Waals surface area contributed by atoms with Gasteiger partial charge in [-0.1, -0.05) is 24.3 Å². The zero-order valence-electron chi connectivity index (χ0n) is 9.26. The summed E-state index contributed by atoms with van der Waals surface area (Å²) in [4.78, 5) is 0. The summed E-state index contributed by atoms with van der Waals surface area (Å²) in [5, 5.41) is 0. The molecule has 2 heterocycles. The van der Waals surface area contributed by atoms with E-state index < -0.39 is 0 Å². The van der Waals surface area contributed by atoms with Gasteiger partial charge in [0.05, 0.1) is 17.8 Å². The average molecular weight is 243 g/mol. The van der Waals surface area contributed by atoms with Crippen molar-refractivity contribution in [3.63, 3.8) is 0 Å². The SMILES string of the molecule is NCc1ccc(C2=CC3=CNSN3C=C2)cc1. The first-order valence-electron chi connectivity index (χ1n) is 5.48. The van der Waals surface area contributed by atoms with E-state index in [1.54, 1.807) is 12.1 Å². The summed E-state index contributed by atoms with van der Waals surface area (Å²) in [5.41, 5.74) is 10.4. The Kier molecular flexibility index (Phi) is 2.66. The quantitative estimate of drug-likeness (QED) is 0.782. The minimum atomic E-state index is 0.592. The van der Waals surface area contributed by atoms with Crippen LogP contribution in [0.4, 0.5) is 0 Å². The summed E-state index contributed by atoms with van der Waals surface area (Å²) in [6.07, 6.45) is 8.37. The number of rotatable bonds is 2. The number of hydrogen-bond donors (Lipinski definition) is 2. The van der Waals surface area contributed by atoms with Crippen LogP contribution >= 0.6 is 12.1 Å². The first-order chi connectivity index (χ1) is 8.36. The smallest absolute Gasteiger partial charge is 0.0726 e. The van der Waals surface area contributed by atoms with Gasteiger partial charge in [-0.25, -0.2) is 0 Å². The highest BCUT2D eigenvalue weighted by Gasteiger charge is 2.16. The van der Waals surface area contributed by atoms with Crippen LogP contribution < -0.4 is 10.5 Å². The summed E-state index contributed by atoms with van der Waals surface area (Å²) in [6, 6.07) is 8.38. The van der Waals surface area contributed by atoms with Crippen molar-refractivity contribution >= 4 is 17.7 Å². The Bertz CT molecular complexity index is 514. The monoisotopic (exact) mass is 243 g/mol. The predicted octanol–water partition coefficient (Wildman–Crippen LogP) is 2.37. The predicted molar refractivity (Wildman–Crippen MR) is 72.1 cm³/mol. The fourth-order valence-electron chi connectivity index (χ4n) is 1.85. The van der Waals surface area contributed by atoms with E-state index in [0.717, 1.165) is 5.56 Å². The van der Waals surface area contributed by atoms with Gasteiger partial charge in [0.2, 0.25) is 0 Å². The molecule has 3 N–H and O–H groups in total. The van der Waals surface area contributed by atoms with Crippen molar-refractivity contribution in [1.82, 2.24) is 9.03 Å². The van der Waals surface area contributed by atoms with Crippen LogP contribution in [0.1, 0.15) is 11.1 Å². The number of fused-ring (bicyclic) bond motifs is 1. The minimum absolute atomic E-state index is 0.592. The van der Waals surface area contributed by atoms with Crippen molar-refractivity contribution in [3.8, 4) is 0 Å². The fraction of sp³-hybridized carbons (Fsp3) is 0.0769. The molecule has 17 heavy (non-hydrogen) atoms. The third kappa shape index (κ3) is 1.97. The highest BCUT2D eigenvalue weighted by molar-refractivity contribution is 7.95. The van der Waals surface area contributed by atoms with E-state index in [-0.39, 0.29) is 0 Å². The molecule has 0 saturated carbocycles. The van der Waals surface area contributed by atoms with Gasteiger partial charge < -0.3 is 10.5 Å². The van der Waals surface area contributed by atoms with Gasteiger partial charge in [0.25, 0.3) is 0 Å². The maximum atomic E-state index is 5.59. The number of nitrogens with two attached hydrogens (primary N) is 1. The molecule has 1 aromatic carbocycles. The Hall–Kier alpha value is -1.65. The Morgan fingerprint density at radius 3 is 2.82 bits per heavy atom. The second-order valence-corrected chi connectivity index (χ2v) is 4.73. The molecular weight excluding hydrogens is 230 g/mol. The molecular formula is C13H13N3S. The maximum Gasteiger partial charge on any atom is 0.0726 e. The molecule has 0 unspecified atom stereocenters. The normalized spacial score (nSPS) is 17.4. The van der Waals surface area contributed by atoms with Crippen molar-refractivity contribution in [3.05, 3.63) is 65.6 Å². The van der Waals surface area contributed by atoms with E-state index >= 15 is 0 Å². The Morgan fingerprint density at radius 1 is 1.24 bits per heavy atom. The molecule has 0 spiro atoms. The van der Waals surface area contributed by atoms with Crippen LogP contribution in [0.15, 0.2) is 54.5 Å². The first-order valence-corrected chi connectivity index (χ1v) is 6.25. The highest BCUT2D eigenvalue weighted by Crippen LogP contribution is 2.31. The average Bonchev–Trinajstić information content (AvgIpc) is 2.86. The standard InChI is InChI=1S/C13H13N3S/c14-8-10-1-3-11(4-2-10)12-5-6-16-13(7-12)9-15-17-16/h1-7,9,15H,8,14H2. The van der Waals surface area contributed by atoms with E-state index in [4.69, 9.17) is 5.73 Å². The molecule has 2 aliphatic rings. The second-order valence-electron chi connectivity index (χ2n) is 3.92. The van der Waals surface area contributed by atoms with Crippen LogP contribution in [-0.2, 0) is 6.54 Å². The number of allylic oxidation sites excluding steroid dienone is 3. The van der Waals surface area contributed by atoms with Gasteiger partial charge >= 0.3 is 0 Å². The highest BCUT2D eigenvalue weighted by atomic mass is 32.2. The third-order valence-corrected chi connectivity index (χ3v) is 3.58. The first kappa shape index (κ1) is 10.5. The molecule has 0 bridgehead atoms. The van der Waals surface area contributed by atoms with E-state index in [0.29, 0.717) is 6.54 Å². The van der Waals surface area contributed by atoms with Crippen molar-refractivity contribution < 1.29 is 0 Å². The van der Waals surface area contributed by atoms with E-state index in [9.17, 15) is 0 Å². The molecule has 86 valence electrons. The van der Waals surface area contributed by atoms with E-state index in [1.807, 2.05) is 6.20 Å². The Balaban J connectivity index is 1.91. The van der Waals surface area contributed by atoms with Crippen LogP contribution in [0, 0.1) is 0 Å². The summed E-state index contributed by atoms with van der Waals surface area (Å²) in [7, 11) is 0. The van der Waals surface area contributed by atoms with Crippen molar-refractivity contribution in [2.24, 2.45) is 5.73 Å². The summed E-state index contributed by atoms with van der Waals surface area (Å²) < 4.78 is 5.22. The van der Waals surface area contributed by atoms with Crippen molar-refractivity contribution in [2.75, 3.05) is 0 Å². The lowest BCUT2D eigenvalue weighted by molar-refractivity contribution is 0.809. The van der Waals surface area contributed by atoms with Gasteiger partial charge in [0, 0.05) is 18.9 Å². The lowest BCUT2D eigenvalue weighted by atomic mass is 10.0. The van der Waals surface area contributed by atoms with Gasteiger partial charge in [-0.3, -0.25) is 4.31 Å². The maximum absolute atomic E-state index is 5.59. The molecule has 0 amide bonds. The zero-order chi connectivity index (χ0) is 11.7. The molecule has 1 aromatic rings. The van der Waals surface area contributed by atoms with Crippen molar-refractivity contribution in [2.45, 2.75) is 6.54 Å². The molecule has 3 rings (SSSR count). The van der Waals surface area contributed by atoms with Gasteiger partial charge in [0.15, 0.2) is 0 Å². The Labute approximate surface area is 105 Å². The van der Waals surface area contributed by atoms with Gasteiger partial charge in [-0.2, -0.15) is 0 Å². The van der Waals surface area contributed by atoms with E-state index in [1.165, 1.54) is 16.8 Å². The van der Waals surface area contributed by atoms with Gasteiger partial charge in [-0.15, -0.1) is 0 Å². The number of hydrogen-bond acceptors (Lipinski definition) is 4. The third-order valence-electron chi connectivity index (χ3n) is 2.83. The summed E-state index contributed by atoms with van der Waals surface area (Å²) in [5.74, 6) is 0. The molecule has 3 nitrogen and oxygen atoms in total.